The number of hydrogen-bond acceptors (Lipinski definition) is 4. The molecule has 0 aliphatic heterocycles. The van der Waals surface area contributed by atoms with Crippen LogP contribution < -0.4 is 11.1 Å². The van der Waals surface area contributed by atoms with Crippen LogP contribution in [-0.4, -0.2) is 21.9 Å². The average Bonchev–Trinajstić information content (AvgIpc) is 2.49. The zero-order valence-corrected chi connectivity index (χ0v) is 12.6. The number of nitrogens with one attached hydrogen (secondary N) is 1. The van der Waals surface area contributed by atoms with Crippen LogP contribution in [0, 0.1) is 0 Å². The van der Waals surface area contributed by atoms with Gasteiger partial charge in [-0.2, -0.15) is 0 Å². The summed E-state index contributed by atoms with van der Waals surface area (Å²) in [4.78, 5) is 19.5. The maximum absolute atomic E-state index is 12.0. The molecule has 0 bridgehead atoms. The van der Waals surface area contributed by atoms with Crippen LogP contribution >= 0.6 is 23.2 Å². The molecule has 1 aromatic carbocycles. The van der Waals surface area contributed by atoms with Gasteiger partial charge < -0.3 is 11.1 Å². The van der Waals surface area contributed by atoms with Crippen LogP contribution in [0.3, 0.4) is 0 Å². The van der Waals surface area contributed by atoms with Gasteiger partial charge >= 0.3 is 0 Å². The minimum Gasteiger partial charge on any atom is -0.320 e. The lowest BCUT2D eigenvalue weighted by molar-refractivity contribution is -0.117. The summed E-state index contributed by atoms with van der Waals surface area (Å²) < 4.78 is 0. The third-order valence-electron chi connectivity index (χ3n) is 2.93. The van der Waals surface area contributed by atoms with Crippen molar-refractivity contribution in [3.8, 4) is 0 Å². The summed E-state index contributed by atoms with van der Waals surface area (Å²) in [5.74, 6) is -0.371. The molecule has 0 aliphatic carbocycles. The molecule has 21 heavy (non-hydrogen) atoms. The number of halogens is 2. The Morgan fingerprint density at radius 2 is 1.81 bits per heavy atom. The zero-order valence-electron chi connectivity index (χ0n) is 11.1. The predicted octanol–water partition coefficient (Wildman–Crippen LogP) is 2.68. The van der Waals surface area contributed by atoms with Gasteiger partial charge in [0, 0.05) is 0 Å². The highest BCUT2D eigenvalue weighted by atomic mass is 35.5. The summed E-state index contributed by atoms with van der Waals surface area (Å²) in [6.45, 7) is 0. The second kappa shape index (κ2) is 7.36. The van der Waals surface area contributed by atoms with E-state index in [9.17, 15) is 4.79 Å². The van der Waals surface area contributed by atoms with Crippen LogP contribution in [0.2, 0.25) is 10.3 Å². The van der Waals surface area contributed by atoms with Gasteiger partial charge in [0.25, 0.3) is 0 Å². The molecule has 2 aromatic rings. The van der Waals surface area contributed by atoms with E-state index in [4.69, 9.17) is 28.9 Å². The Morgan fingerprint density at radius 3 is 2.43 bits per heavy atom. The van der Waals surface area contributed by atoms with Crippen LogP contribution in [0.4, 0.5) is 5.69 Å². The number of anilines is 1. The summed E-state index contributed by atoms with van der Waals surface area (Å²) in [5, 5.41) is 2.73. The molecule has 1 unspecified atom stereocenters. The number of benzene rings is 1. The van der Waals surface area contributed by atoms with Crippen LogP contribution in [0.25, 0.3) is 0 Å². The van der Waals surface area contributed by atoms with E-state index in [0.29, 0.717) is 12.8 Å². The largest absolute Gasteiger partial charge is 0.320 e. The van der Waals surface area contributed by atoms with Gasteiger partial charge in [0.15, 0.2) is 10.3 Å². The second-order valence-electron chi connectivity index (χ2n) is 4.45. The maximum Gasteiger partial charge on any atom is 0.241 e. The number of amides is 1. The Balaban J connectivity index is 1.94. The lowest BCUT2D eigenvalue weighted by Crippen LogP contribution is -2.36. The highest BCUT2D eigenvalue weighted by Crippen LogP contribution is 2.25. The highest BCUT2D eigenvalue weighted by molar-refractivity contribution is 6.38. The quantitative estimate of drug-likeness (QED) is 0.828. The van der Waals surface area contributed by atoms with Gasteiger partial charge in [0.1, 0.15) is 12.0 Å². The van der Waals surface area contributed by atoms with Gasteiger partial charge in [-0.1, -0.05) is 53.5 Å². The van der Waals surface area contributed by atoms with Crippen LogP contribution in [0.5, 0.6) is 0 Å². The molecule has 0 radical (unpaired) electrons. The van der Waals surface area contributed by atoms with E-state index in [2.05, 4.69) is 15.3 Å². The number of rotatable bonds is 5. The Labute approximate surface area is 132 Å². The molecule has 3 N–H and O–H groups in total. The smallest absolute Gasteiger partial charge is 0.241 e. The minimum absolute atomic E-state index is 0.0820. The van der Waals surface area contributed by atoms with E-state index in [1.54, 1.807) is 0 Å². The van der Waals surface area contributed by atoms with Gasteiger partial charge in [0.2, 0.25) is 5.91 Å². The fourth-order valence-electron chi connectivity index (χ4n) is 1.76. The first kappa shape index (κ1) is 15.7. The van der Waals surface area contributed by atoms with E-state index < -0.39 is 6.04 Å². The molecule has 7 heteroatoms. The molecule has 5 nitrogen and oxygen atoms in total. The average molecular weight is 325 g/mol. The van der Waals surface area contributed by atoms with Gasteiger partial charge in [-0.25, -0.2) is 9.97 Å². The molecule has 110 valence electrons. The number of carbonyl (C=O) groups is 1. The SMILES string of the molecule is NC(CCc1ccccc1)C(=O)Nc1c(Cl)ncnc1Cl. The summed E-state index contributed by atoms with van der Waals surface area (Å²) in [7, 11) is 0. The molecule has 0 spiro atoms. The first-order chi connectivity index (χ1) is 10.1. The number of nitrogens with two attached hydrogens (primary N) is 1. The van der Waals surface area contributed by atoms with Gasteiger partial charge in [-0.05, 0) is 18.4 Å². The van der Waals surface area contributed by atoms with Crippen molar-refractivity contribution in [1.82, 2.24) is 9.97 Å². The zero-order chi connectivity index (χ0) is 15.2. The standard InChI is InChI=1S/C14H14Cl2N4O/c15-12-11(13(16)19-8-18-12)20-14(21)10(17)7-6-9-4-2-1-3-5-9/h1-5,8,10H,6-7,17H2,(H,20,21). The van der Waals surface area contributed by atoms with Crippen LogP contribution in [0.15, 0.2) is 36.7 Å². The Morgan fingerprint density at radius 1 is 1.19 bits per heavy atom. The van der Waals surface area contributed by atoms with Crippen LogP contribution in [-0.2, 0) is 11.2 Å². The van der Waals surface area contributed by atoms with Crippen molar-refractivity contribution in [2.75, 3.05) is 5.32 Å². The Kier molecular flexibility index (Phi) is 5.50. The third-order valence-corrected chi connectivity index (χ3v) is 3.50. The number of nitrogens with zero attached hydrogens (tertiary/aromatic N) is 2. The fraction of sp³-hybridized carbons (Fsp3) is 0.214. The first-order valence-corrected chi connectivity index (χ1v) is 7.10. The highest BCUT2D eigenvalue weighted by Gasteiger charge is 2.17. The minimum atomic E-state index is -0.669. The maximum atomic E-state index is 12.0. The number of hydrogen-bond donors (Lipinski definition) is 2. The Hall–Kier alpha value is -1.69. The fourth-order valence-corrected chi connectivity index (χ4v) is 2.17. The van der Waals surface area contributed by atoms with Crippen molar-refractivity contribution in [3.63, 3.8) is 0 Å². The van der Waals surface area contributed by atoms with E-state index in [0.717, 1.165) is 5.56 Å². The molecule has 1 atom stereocenters. The molecule has 0 saturated heterocycles. The van der Waals surface area contributed by atoms with E-state index in [1.165, 1.54) is 6.33 Å². The van der Waals surface area contributed by atoms with Crippen molar-refractivity contribution in [2.24, 2.45) is 5.73 Å². The monoisotopic (exact) mass is 324 g/mol. The van der Waals surface area contributed by atoms with Crippen molar-refractivity contribution in [1.29, 1.82) is 0 Å². The predicted molar refractivity (Wildman–Crippen MR) is 83.4 cm³/mol. The second-order valence-corrected chi connectivity index (χ2v) is 5.17. The normalized spacial score (nSPS) is 12.0. The molecule has 1 aromatic heterocycles. The molecule has 1 heterocycles. The molecule has 0 fully saturated rings. The lowest BCUT2D eigenvalue weighted by atomic mass is 10.1. The van der Waals surface area contributed by atoms with E-state index in [-0.39, 0.29) is 21.9 Å². The van der Waals surface area contributed by atoms with Crippen LogP contribution in [0.1, 0.15) is 12.0 Å². The third kappa shape index (κ3) is 4.39. The van der Waals surface area contributed by atoms with Crippen molar-refractivity contribution in [2.45, 2.75) is 18.9 Å². The van der Waals surface area contributed by atoms with Crippen molar-refractivity contribution < 1.29 is 4.79 Å². The molecule has 1 amide bonds. The van der Waals surface area contributed by atoms with Crippen molar-refractivity contribution in [3.05, 3.63) is 52.5 Å². The summed E-state index contributed by atoms with van der Waals surface area (Å²) in [5.41, 5.74) is 7.18. The van der Waals surface area contributed by atoms with Crippen molar-refractivity contribution >= 4 is 34.8 Å². The van der Waals surface area contributed by atoms with Gasteiger partial charge in [-0.3, -0.25) is 4.79 Å². The number of aryl methyl sites for hydroxylation is 1. The number of aromatic nitrogens is 2. The molecule has 0 saturated carbocycles. The summed E-state index contributed by atoms with van der Waals surface area (Å²) >= 11 is 11.7. The van der Waals surface area contributed by atoms with Gasteiger partial charge in [0.05, 0.1) is 6.04 Å². The van der Waals surface area contributed by atoms with Gasteiger partial charge in [-0.15, -0.1) is 0 Å². The summed E-state index contributed by atoms with van der Waals surface area (Å²) in [6, 6.07) is 9.14. The summed E-state index contributed by atoms with van der Waals surface area (Å²) in [6.07, 6.45) is 2.44. The topological polar surface area (TPSA) is 80.9 Å². The first-order valence-electron chi connectivity index (χ1n) is 6.34. The molecule has 2 rings (SSSR count). The Bertz CT molecular complexity index is 601. The molecular formula is C14H14Cl2N4O. The molecule has 0 aliphatic rings. The van der Waals surface area contributed by atoms with E-state index >= 15 is 0 Å². The van der Waals surface area contributed by atoms with E-state index in [1.807, 2.05) is 30.3 Å². The lowest BCUT2D eigenvalue weighted by Gasteiger charge is -2.13. The number of carbonyl (C=O) groups excluding carboxylic acids is 1. The molecular weight excluding hydrogens is 311 g/mol.